The summed E-state index contributed by atoms with van der Waals surface area (Å²) in [6, 6.07) is 13.4. The molecule has 0 radical (unpaired) electrons. The second-order valence-electron chi connectivity index (χ2n) is 5.12. The molecule has 0 saturated carbocycles. The van der Waals surface area contributed by atoms with Crippen molar-refractivity contribution in [2.75, 3.05) is 7.11 Å². The van der Waals surface area contributed by atoms with Crippen molar-refractivity contribution in [3.63, 3.8) is 0 Å². The maximum Gasteiger partial charge on any atom is 0.331 e. The van der Waals surface area contributed by atoms with Crippen molar-refractivity contribution in [1.29, 1.82) is 5.26 Å². The van der Waals surface area contributed by atoms with E-state index >= 15 is 0 Å². The minimum atomic E-state index is -0.638. The number of para-hydroxylation sites is 2. The number of rotatable bonds is 4. The lowest BCUT2D eigenvalue weighted by Gasteiger charge is -2.11. The molecular formula is C18H13N3O4. The highest BCUT2D eigenvalue weighted by Gasteiger charge is 2.14. The molecule has 25 heavy (non-hydrogen) atoms. The molecule has 0 aliphatic heterocycles. The Labute approximate surface area is 142 Å². The van der Waals surface area contributed by atoms with Crippen LogP contribution < -0.4 is 15.0 Å². The topological polar surface area (TPSA) is 94.2 Å². The highest BCUT2D eigenvalue weighted by molar-refractivity contribution is 5.78. The molecule has 1 heterocycles. The fourth-order valence-corrected chi connectivity index (χ4v) is 2.38. The quantitative estimate of drug-likeness (QED) is 0.534. The van der Waals surface area contributed by atoms with E-state index in [0.29, 0.717) is 16.6 Å². The Hall–Kier alpha value is -3.66. The fourth-order valence-electron chi connectivity index (χ4n) is 2.38. The van der Waals surface area contributed by atoms with E-state index in [0.717, 1.165) is 6.20 Å². The lowest BCUT2D eigenvalue weighted by molar-refractivity contribution is -0.135. The van der Waals surface area contributed by atoms with Gasteiger partial charge in [-0.1, -0.05) is 12.1 Å². The van der Waals surface area contributed by atoms with Gasteiger partial charge in [0.05, 0.1) is 36.0 Å². The average Bonchev–Trinajstić information content (AvgIpc) is 2.64. The summed E-state index contributed by atoms with van der Waals surface area (Å²) in [6.45, 7) is -0.273. The van der Waals surface area contributed by atoms with Crippen molar-refractivity contribution in [3.05, 3.63) is 64.6 Å². The van der Waals surface area contributed by atoms with Crippen LogP contribution in [-0.2, 0) is 11.3 Å². The predicted molar refractivity (Wildman–Crippen MR) is 89.3 cm³/mol. The molecule has 3 rings (SSSR count). The van der Waals surface area contributed by atoms with Crippen LogP contribution in [0.1, 0.15) is 5.56 Å². The molecule has 0 amide bonds. The highest BCUT2D eigenvalue weighted by atomic mass is 16.6. The Balaban J connectivity index is 1.88. The fraction of sp³-hybridized carbons (Fsp3) is 0.111. The number of carbonyl (C=O) groups is 1. The molecule has 0 bridgehead atoms. The number of hydrogen-bond donors (Lipinski definition) is 0. The SMILES string of the molecule is COc1cc(C#N)ccc1OC(=O)Cn1c(=O)cnc2ccccc21. The number of hydrogen-bond acceptors (Lipinski definition) is 6. The van der Waals surface area contributed by atoms with Crippen molar-refractivity contribution in [3.8, 4) is 17.6 Å². The first-order valence-corrected chi connectivity index (χ1v) is 7.36. The standard InChI is InChI=1S/C18H13N3O4/c1-24-16-8-12(9-19)6-7-15(16)25-18(23)11-21-14-5-3-2-4-13(14)20-10-17(21)22/h2-8,10H,11H2,1H3. The Morgan fingerprint density at radius 2 is 2.04 bits per heavy atom. The molecule has 7 nitrogen and oxygen atoms in total. The number of benzene rings is 2. The number of carbonyl (C=O) groups excluding carboxylic acids is 1. The normalized spacial score (nSPS) is 10.2. The first kappa shape index (κ1) is 16.2. The second kappa shape index (κ2) is 6.84. The number of aromatic nitrogens is 2. The Bertz CT molecular complexity index is 1050. The van der Waals surface area contributed by atoms with Gasteiger partial charge in [-0.3, -0.25) is 9.36 Å². The van der Waals surface area contributed by atoms with Crippen LogP contribution in [0.2, 0.25) is 0 Å². The van der Waals surface area contributed by atoms with E-state index in [9.17, 15) is 9.59 Å². The summed E-state index contributed by atoms with van der Waals surface area (Å²) in [5, 5.41) is 8.90. The number of nitriles is 1. The molecular weight excluding hydrogens is 322 g/mol. The highest BCUT2D eigenvalue weighted by Crippen LogP contribution is 2.28. The molecule has 0 N–H and O–H groups in total. The van der Waals surface area contributed by atoms with E-state index in [-0.39, 0.29) is 18.0 Å². The zero-order valence-corrected chi connectivity index (χ0v) is 13.3. The van der Waals surface area contributed by atoms with Crippen molar-refractivity contribution in [1.82, 2.24) is 9.55 Å². The van der Waals surface area contributed by atoms with Crippen LogP contribution in [0, 0.1) is 11.3 Å². The van der Waals surface area contributed by atoms with Gasteiger partial charge in [-0.05, 0) is 24.3 Å². The lowest BCUT2D eigenvalue weighted by Crippen LogP contribution is -2.27. The minimum absolute atomic E-state index is 0.179. The molecule has 0 fully saturated rings. The van der Waals surface area contributed by atoms with Crippen molar-refractivity contribution >= 4 is 17.0 Å². The zero-order chi connectivity index (χ0) is 17.8. The molecule has 1 aromatic heterocycles. The van der Waals surface area contributed by atoms with Crippen LogP contribution in [0.25, 0.3) is 11.0 Å². The van der Waals surface area contributed by atoms with E-state index in [4.69, 9.17) is 14.7 Å². The van der Waals surface area contributed by atoms with Gasteiger partial charge in [0.15, 0.2) is 11.5 Å². The maximum atomic E-state index is 12.3. The molecule has 0 atom stereocenters. The Morgan fingerprint density at radius 3 is 2.80 bits per heavy atom. The number of methoxy groups -OCH3 is 1. The van der Waals surface area contributed by atoms with Crippen LogP contribution in [-0.4, -0.2) is 22.6 Å². The number of nitrogens with zero attached hydrogens (tertiary/aromatic N) is 3. The molecule has 7 heteroatoms. The largest absolute Gasteiger partial charge is 0.493 e. The van der Waals surface area contributed by atoms with Crippen molar-refractivity contribution < 1.29 is 14.3 Å². The van der Waals surface area contributed by atoms with Crippen molar-refractivity contribution in [2.45, 2.75) is 6.54 Å². The van der Waals surface area contributed by atoms with Gasteiger partial charge in [0, 0.05) is 6.07 Å². The van der Waals surface area contributed by atoms with Crippen LogP contribution in [0.4, 0.5) is 0 Å². The van der Waals surface area contributed by atoms with Crippen LogP contribution >= 0.6 is 0 Å². The molecule has 3 aromatic rings. The molecule has 124 valence electrons. The zero-order valence-electron chi connectivity index (χ0n) is 13.3. The van der Waals surface area contributed by atoms with Crippen molar-refractivity contribution in [2.24, 2.45) is 0 Å². The monoisotopic (exact) mass is 335 g/mol. The maximum absolute atomic E-state index is 12.3. The summed E-state index contributed by atoms with van der Waals surface area (Å²) >= 11 is 0. The number of fused-ring (bicyclic) bond motifs is 1. The lowest BCUT2D eigenvalue weighted by atomic mass is 10.2. The molecule has 0 aliphatic rings. The first-order valence-electron chi connectivity index (χ1n) is 7.36. The van der Waals surface area contributed by atoms with Gasteiger partial charge in [0.1, 0.15) is 6.54 Å². The van der Waals surface area contributed by atoms with Gasteiger partial charge in [0.25, 0.3) is 5.56 Å². The molecule has 0 aliphatic carbocycles. The smallest absolute Gasteiger partial charge is 0.331 e. The summed E-state index contributed by atoms with van der Waals surface area (Å²) in [5.41, 5.74) is 1.13. The second-order valence-corrected chi connectivity index (χ2v) is 5.12. The molecule has 0 unspecified atom stereocenters. The average molecular weight is 335 g/mol. The van der Waals surface area contributed by atoms with Gasteiger partial charge in [0.2, 0.25) is 0 Å². The summed E-state index contributed by atoms with van der Waals surface area (Å²) in [4.78, 5) is 28.4. The third kappa shape index (κ3) is 3.33. The molecule has 0 saturated heterocycles. The summed E-state index contributed by atoms with van der Waals surface area (Å²) in [5.74, 6) is -0.196. The van der Waals surface area contributed by atoms with E-state index in [2.05, 4.69) is 4.98 Å². The first-order chi connectivity index (χ1) is 12.1. The molecule has 0 spiro atoms. The summed E-state index contributed by atoms with van der Waals surface area (Å²) in [6.07, 6.45) is 1.16. The van der Waals surface area contributed by atoms with Crippen LogP contribution in [0.15, 0.2) is 53.5 Å². The van der Waals surface area contributed by atoms with E-state index < -0.39 is 11.5 Å². The van der Waals surface area contributed by atoms with E-state index in [1.54, 1.807) is 24.3 Å². The van der Waals surface area contributed by atoms with Crippen LogP contribution in [0.5, 0.6) is 11.5 Å². The van der Waals surface area contributed by atoms with Gasteiger partial charge in [-0.25, -0.2) is 9.78 Å². The number of esters is 1. The number of ether oxygens (including phenoxy) is 2. The van der Waals surface area contributed by atoms with Gasteiger partial charge < -0.3 is 9.47 Å². The van der Waals surface area contributed by atoms with Crippen LogP contribution in [0.3, 0.4) is 0 Å². The Kier molecular flexibility index (Phi) is 4.44. The third-order valence-electron chi connectivity index (χ3n) is 3.56. The Morgan fingerprint density at radius 1 is 1.24 bits per heavy atom. The van der Waals surface area contributed by atoms with Gasteiger partial charge in [-0.15, -0.1) is 0 Å². The summed E-state index contributed by atoms with van der Waals surface area (Å²) < 4.78 is 11.7. The van der Waals surface area contributed by atoms with Gasteiger partial charge in [-0.2, -0.15) is 5.26 Å². The van der Waals surface area contributed by atoms with Gasteiger partial charge >= 0.3 is 5.97 Å². The minimum Gasteiger partial charge on any atom is -0.493 e. The molecule has 2 aromatic carbocycles. The predicted octanol–water partition coefficient (Wildman–Crippen LogP) is 1.88. The van der Waals surface area contributed by atoms with E-state index in [1.165, 1.54) is 29.9 Å². The summed E-state index contributed by atoms with van der Waals surface area (Å²) in [7, 11) is 1.41. The van der Waals surface area contributed by atoms with E-state index in [1.807, 2.05) is 6.07 Å². The third-order valence-corrected chi connectivity index (χ3v) is 3.56.